The first-order chi connectivity index (χ1) is 10.2. The number of halogens is 2. The topological polar surface area (TPSA) is 38.7 Å². The molecule has 0 atom stereocenters. The van der Waals surface area contributed by atoms with Crippen molar-refractivity contribution in [1.29, 1.82) is 0 Å². The van der Waals surface area contributed by atoms with Crippen LogP contribution in [0.1, 0.15) is 18.1 Å². The Bertz CT molecular complexity index is 616. The molecule has 2 aromatic carbocycles. The average molecular weight is 372 g/mol. The van der Waals surface area contributed by atoms with Crippen molar-refractivity contribution in [2.24, 2.45) is 0 Å². The molecular formula is C16H16BrClO3. The van der Waals surface area contributed by atoms with Gasteiger partial charge in [-0.15, -0.1) is 0 Å². The number of hydrogen-bond donors (Lipinski definition) is 1. The highest BCUT2D eigenvalue weighted by Gasteiger charge is 2.11. The molecule has 3 nitrogen and oxygen atoms in total. The highest BCUT2D eigenvalue weighted by atomic mass is 79.9. The minimum absolute atomic E-state index is 0.107. The molecule has 0 aliphatic heterocycles. The van der Waals surface area contributed by atoms with Crippen LogP contribution in [0, 0.1) is 0 Å². The summed E-state index contributed by atoms with van der Waals surface area (Å²) in [6, 6.07) is 11.1. The Hall–Kier alpha value is -1.23. The van der Waals surface area contributed by atoms with Crippen LogP contribution in [0.2, 0.25) is 5.02 Å². The lowest BCUT2D eigenvalue weighted by atomic mass is 10.2. The van der Waals surface area contributed by atoms with E-state index < -0.39 is 0 Å². The molecule has 0 fully saturated rings. The monoisotopic (exact) mass is 370 g/mol. The van der Waals surface area contributed by atoms with E-state index in [2.05, 4.69) is 15.9 Å². The van der Waals surface area contributed by atoms with Gasteiger partial charge in [0.2, 0.25) is 0 Å². The van der Waals surface area contributed by atoms with Gasteiger partial charge in [-0.05, 0) is 25.1 Å². The molecule has 2 aromatic rings. The van der Waals surface area contributed by atoms with E-state index in [1.165, 1.54) is 0 Å². The van der Waals surface area contributed by atoms with Crippen LogP contribution in [0.25, 0.3) is 0 Å². The molecule has 0 radical (unpaired) electrons. The molecule has 0 amide bonds. The van der Waals surface area contributed by atoms with Crippen molar-refractivity contribution < 1.29 is 14.6 Å². The molecule has 0 aromatic heterocycles. The fourth-order valence-electron chi connectivity index (χ4n) is 1.91. The first-order valence-electron chi connectivity index (χ1n) is 6.58. The molecule has 0 saturated heterocycles. The van der Waals surface area contributed by atoms with Crippen LogP contribution in [0.5, 0.6) is 11.5 Å². The number of hydrogen-bond acceptors (Lipinski definition) is 3. The summed E-state index contributed by atoms with van der Waals surface area (Å²) in [6.45, 7) is 2.64. The Balaban J connectivity index is 2.22. The van der Waals surface area contributed by atoms with Crippen LogP contribution < -0.4 is 9.47 Å². The average Bonchev–Trinajstić information content (AvgIpc) is 2.47. The zero-order valence-electron chi connectivity index (χ0n) is 11.6. The third kappa shape index (κ3) is 4.13. The van der Waals surface area contributed by atoms with Gasteiger partial charge in [0.05, 0.1) is 13.2 Å². The predicted octanol–water partition coefficient (Wildman–Crippen LogP) is 4.57. The van der Waals surface area contributed by atoms with E-state index in [9.17, 15) is 5.11 Å². The van der Waals surface area contributed by atoms with Gasteiger partial charge in [-0.1, -0.05) is 45.7 Å². The maximum atomic E-state index is 9.43. The Morgan fingerprint density at radius 3 is 2.62 bits per heavy atom. The van der Waals surface area contributed by atoms with E-state index in [0.29, 0.717) is 35.3 Å². The second kappa shape index (κ2) is 7.69. The largest absolute Gasteiger partial charge is 0.490 e. The zero-order valence-corrected chi connectivity index (χ0v) is 13.9. The summed E-state index contributed by atoms with van der Waals surface area (Å²) in [4.78, 5) is 0. The molecule has 0 aliphatic carbocycles. The third-order valence-electron chi connectivity index (χ3n) is 2.92. The number of ether oxygens (including phenoxy) is 2. The van der Waals surface area contributed by atoms with Crippen molar-refractivity contribution in [3.05, 3.63) is 57.0 Å². The molecule has 0 saturated carbocycles. The lowest BCUT2D eigenvalue weighted by Gasteiger charge is -2.15. The summed E-state index contributed by atoms with van der Waals surface area (Å²) in [6.07, 6.45) is 0. The van der Waals surface area contributed by atoms with Gasteiger partial charge in [-0.3, -0.25) is 0 Å². The number of rotatable bonds is 6. The van der Waals surface area contributed by atoms with Gasteiger partial charge in [0.15, 0.2) is 11.5 Å². The normalized spacial score (nSPS) is 10.5. The van der Waals surface area contributed by atoms with Crippen molar-refractivity contribution in [3.8, 4) is 11.5 Å². The van der Waals surface area contributed by atoms with Crippen molar-refractivity contribution in [3.63, 3.8) is 0 Å². The molecule has 0 spiro atoms. The van der Waals surface area contributed by atoms with Crippen LogP contribution in [-0.4, -0.2) is 11.7 Å². The van der Waals surface area contributed by atoms with Crippen molar-refractivity contribution >= 4 is 27.5 Å². The fraction of sp³-hybridized carbons (Fsp3) is 0.250. The smallest absolute Gasteiger partial charge is 0.167 e. The number of para-hydroxylation sites is 1. The standard InChI is InChI=1S/C16H16BrClO3/c1-2-20-15-5-3-4-11(9-19)16(15)21-10-12-6-7-13(17)8-14(12)18/h3-8,19H,2,9-10H2,1H3. The van der Waals surface area contributed by atoms with E-state index in [1.54, 1.807) is 6.07 Å². The molecule has 5 heteroatoms. The van der Waals surface area contributed by atoms with Crippen LogP contribution in [0.3, 0.4) is 0 Å². The van der Waals surface area contributed by atoms with Gasteiger partial charge < -0.3 is 14.6 Å². The van der Waals surface area contributed by atoms with Crippen LogP contribution in [0.4, 0.5) is 0 Å². The van der Waals surface area contributed by atoms with Crippen molar-refractivity contribution in [2.45, 2.75) is 20.1 Å². The first kappa shape index (κ1) is 16.1. The van der Waals surface area contributed by atoms with Gasteiger partial charge in [-0.2, -0.15) is 0 Å². The zero-order chi connectivity index (χ0) is 15.2. The molecule has 21 heavy (non-hydrogen) atoms. The Morgan fingerprint density at radius 2 is 1.95 bits per heavy atom. The van der Waals surface area contributed by atoms with E-state index in [4.69, 9.17) is 21.1 Å². The van der Waals surface area contributed by atoms with Crippen molar-refractivity contribution in [1.82, 2.24) is 0 Å². The van der Waals surface area contributed by atoms with Gasteiger partial charge >= 0.3 is 0 Å². The summed E-state index contributed by atoms with van der Waals surface area (Å²) >= 11 is 9.55. The number of aliphatic hydroxyl groups excluding tert-OH is 1. The third-order valence-corrected chi connectivity index (χ3v) is 3.76. The Labute approximate surface area is 137 Å². The van der Waals surface area contributed by atoms with Gasteiger partial charge in [0.1, 0.15) is 6.61 Å². The van der Waals surface area contributed by atoms with E-state index in [1.807, 2.05) is 37.3 Å². The Morgan fingerprint density at radius 1 is 1.14 bits per heavy atom. The minimum Gasteiger partial charge on any atom is -0.490 e. The quantitative estimate of drug-likeness (QED) is 0.808. The minimum atomic E-state index is -0.107. The predicted molar refractivity (Wildman–Crippen MR) is 87.0 cm³/mol. The highest BCUT2D eigenvalue weighted by molar-refractivity contribution is 9.10. The van der Waals surface area contributed by atoms with Crippen LogP contribution in [0.15, 0.2) is 40.9 Å². The van der Waals surface area contributed by atoms with Crippen molar-refractivity contribution in [2.75, 3.05) is 6.61 Å². The molecule has 1 N–H and O–H groups in total. The van der Waals surface area contributed by atoms with Gasteiger partial charge in [0.25, 0.3) is 0 Å². The first-order valence-corrected chi connectivity index (χ1v) is 7.75. The maximum Gasteiger partial charge on any atom is 0.167 e. The van der Waals surface area contributed by atoms with E-state index in [0.717, 1.165) is 10.0 Å². The maximum absolute atomic E-state index is 9.43. The molecule has 0 bridgehead atoms. The van der Waals surface area contributed by atoms with Crippen LogP contribution in [-0.2, 0) is 13.2 Å². The molecule has 2 rings (SSSR count). The second-order valence-corrected chi connectivity index (χ2v) is 5.68. The SMILES string of the molecule is CCOc1cccc(CO)c1OCc1ccc(Br)cc1Cl. The summed E-state index contributed by atoms with van der Waals surface area (Å²) in [5.74, 6) is 1.18. The number of benzene rings is 2. The summed E-state index contributed by atoms with van der Waals surface area (Å²) in [5, 5.41) is 10.1. The lowest BCUT2D eigenvalue weighted by Crippen LogP contribution is -2.03. The van der Waals surface area contributed by atoms with E-state index in [-0.39, 0.29) is 6.61 Å². The lowest BCUT2D eigenvalue weighted by molar-refractivity contribution is 0.243. The van der Waals surface area contributed by atoms with E-state index >= 15 is 0 Å². The fourth-order valence-corrected chi connectivity index (χ4v) is 2.64. The van der Waals surface area contributed by atoms with Gasteiger partial charge in [-0.25, -0.2) is 0 Å². The summed E-state index contributed by atoms with van der Waals surface area (Å²) < 4.78 is 12.3. The van der Waals surface area contributed by atoms with Crippen LogP contribution >= 0.6 is 27.5 Å². The molecule has 0 heterocycles. The summed E-state index contributed by atoms with van der Waals surface area (Å²) in [5.41, 5.74) is 1.56. The highest BCUT2D eigenvalue weighted by Crippen LogP contribution is 2.33. The molecule has 0 unspecified atom stereocenters. The molecular weight excluding hydrogens is 356 g/mol. The molecule has 0 aliphatic rings. The Kier molecular flexibility index (Phi) is 5.91. The van der Waals surface area contributed by atoms with Gasteiger partial charge in [0, 0.05) is 20.6 Å². The molecule has 112 valence electrons. The second-order valence-electron chi connectivity index (χ2n) is 4.36. The number of aliphatic hydroxyl groups is 1. The summed E-state index contributed by atoms with van der Waals surface area (Å²) in [7, 11) is 0.